The van der Waals surface area contributed by atoms with Crippen molar-refractivity contribution in [3.05, 3.63) is 29.8 Å². The summed E-state index contributed by atoms with van der Waals surface area (Å²) in [5.74, 6) is 1.57. The van der Waals surface area contributed by atoms with E-state index in [2.05, 4.69) is 27.6 Å². The fourth-order valence-electron chi connectivity index (χ4n) is 3.85. The number of carbonyl (C=O) groups excluding carboxylic acids is 1. The predicted molar refractivity (Wildman–Crippen MR) is 130 cm³/mol. The average molecular weight is 530 g/mol. The second-order valence-electron chi connectivity index (χ2n) is 7.86. The number of nitrogens with one attached hydrogen (secondary N) is 2. The number of hydrogen-bond donors (Lipinski definition) is 2. The van der Waals surface area contributed by atoms with E-state index in [0.29, 0.717) is 13.2 Å². The molecule has 1 unspecified atom stereocenters. The van der Waals surface area contributed by atoms with E-state index in [0.717, 1.165) is 75.0 Å². The van der Waals surface area contributed by atoms with Crippen molar-refractivity contribution in [1.29, 1.82) is 0 Å². The Hall–Kier alpha value is -1.39. The van der Waals surface area contributed by atoms with E-state index in [9.17, 15) is 4.79 Å². The summed E-state index contributed by atoms with van der Waals surface area (Å²) in [5, 5.41) is 6.39. The highest BCUT2D eigenvalue weighted by Crippen LogP contribution is 2.19. The number of nitrogens with zero attached hydrogens (tertiary/aromatic N) is 2. The molecule has 0 aromatic heterocycles. The fraction of sp³-hybridized carbons (Fsp3) is 0.636. The van der Waals surface area contributed by atoms with E-state index < -0.39 is 0 Å². The van der Waals surface area contributed by atoms with Crippen LogP contribution >= 0.6 is 24.0 Å². The lowest BCUT2D eigenvalue weighted by atomic mass is 9.96. The number of guanidine groups is 1. The van der Waals surface area contributed by atoms with Gasteiger partial charge in [0.05, 0.1) is 0 Å². The molecule has 2 heterocycles. The van der Waals surface area contributed by atoms with Crippen LogP contribution in [0.2, 0.25) is 0 Å². The number of carbonyl (C=O) groups is 1. The molecule has 2 aliphatic heterocycles. The molecule has 7 nitrogen and oxygen atoms in total. The molecule has 0 spiro atoms. The van der Waals surface area contributed by atoms with Crippen LogP contribution in [-0.2, 0) is 20.8 Å². The first-order valence-electron chi connectivity index (χ1n) is 10.7. The van der Waals surface area contributed by atoms with Gasteiger partial charge in [-0.15, -0.1) is 24.0 Å². The normalized spacial score (nSPS) is 19.8. The van der Waals surface area contributed by atoms with Crippen molar-refractivity contribution >= 4 is 41.5 Å². The molecular formula is C22H35IN4O3. The number of ether oxygens (including phenoxy) is 2. The molecule has 1 atom stereocenters. The zero-order valence-corrected chi connectivity index (χ0v) is 20.4. The largest absolute Gasteiger partial charge is 0.381 e. The maximum absolute atomic E-state index is 12.2. The molecule has 3 rings (SSSR count). The molecule has 30 heavy (non-hydrogen) atoms. The van der Waals surface area contributed by atoms with Gasteiger partial charge in [0, 0.05) is 52.7 Å². The van der Waals surface area contributed by atoms with Crippen LogP contribution < -0.4 is 10.6 Å². The molecule has 0 radical (unpaired) electrons. The van der Waals surface area contributed by atoms with Gasteiger partial charge in [-0.3, -0.25) is 9.79 Å². The number of benzene rings is 1. The Morgan fingerprint density at radius 2 is 2.03 bits per heavy atom. The molecule has 8 heteroatoms. The number of halogens is 1. The quantitative estimate of drug-likeness (QED) is 0.322. The number of aliphatic imine (C=N–C) groups is 1. The van der Waals surface area contributed by atoms with Gasteiger partial charge < -0.3 is 25.0 Å². The summed E-state index contributed by atoms with van der Waals surface area (Å²) in [4.78, 5) is 18.8. The molecule has 2 saturated heterocycles. The van der Waals surface area contributed by atoms with Gasteiger partial charge in [0.25, 0.3) is 5.91 Å². The third-order valence-corrected chi connectivity index (χ3v) is 5.65. The number of amides is 1. The molecular weight excluding hydrogens is 495 g/mol. The average Bonchev–Trinajstić information content (AvgIpc) is 3.29. The van der Waals surface area contributed by atoms with Crippen LogP contribution in [0.1, 0.15) is 37.7 Å². The molecule has 1 aromatic rings. The van der Waals surface area contributed by atoms with Crippen molar-refractivity contribution in [2.24, 2.45) is 10.9 Å². The summed E-state index contributed by atoms with van der Waals surface area (Å²) >= 11 is 0. The zero-order chi connectivity index (χ0) is 20.5. The molecule has 168 valence electrons. The zero-order valence-electron chi connectivity index (χ0n) is 18.1. The lowest BCUT2D eigenvalue weighted by Gasteiger charge is -2.27. The second kappa shape index (κ2) is 13.1. The minimum atomic E-state index is -0.319. The van der Waals surface area contributed by atoms with Crippen LogP contribution in [0.4, 0.5) is 5.69 Å². The van der Waals surface area contributed by atoms with Crippen molar-refractivity contribution < 1.29 is 14.3 Å². The Balaban J connectivity index is 0.00000320. The molecule has 2 N–H and O–H groups in total. The molecule has 0 aliphatic carbocycles. The topological polar surface area (TPSA) is 75.2 Å². The van der Waals surface area contributed by atoms with Crippen molar-refractivity contribution in [1.82, 2.24) is 10.2 Å². The first-order chi connectivity index (χ1) is 14.2. The highest BCUT2D eigenvalue weighted by Gasteiger charge is 2.23. The molecule has 0 bridgehead atoms. The van der Waals surface area contributed by atoms with Crippen LogP contribution in [0, 0.1) is 5.92 Å². The summed E-state index contributed by atoms with van der Waals surface area (Å²) in [7, 11) is 3.89. The number of rotatable bonds is 7. The maximum Gasteiger partial charge on any atom is 0.253 e. The number of anilines is 1. The van der Waals surface area contributed by atoms with Crippen LogP contribution in [0.5, 0.6) is 0 Å². The molecule has 1 amide bonds. The standard InChI is InChI=1S/C22H34N4O3.HI/c1-23-22(26(2)11-8-17-9-13-28-14-10-17)24-16-18-5-3-6-19(15-18)25-21(27)20-7-4-12-29-20;/h3,5-6,15,17,20H,4,7-14,16H2,1-2H3,(H,23,24)(H,25,27);1H. The van der Waals surface area contributed by atoms with Gasteiger partial charge in [-0.25, -0.2) is 0 Å². The van der Waals surface area contributed by atoms with E-state index in [-0.39, 0.29) is 36.0 Å². The predicted octanol–water partition coefficient (Wildman–Crippen LogP) is 3.25. The van der Waals surface area contributed by atoms with Gasteiger partial charge >= 0.3 is 0 Å². The summed E-state index contributed by atoms with van der Waals surface area (Å²) in [6, 6.07) is 7.91. The molecule has 2 aliphatic rings. The molecule has 2 fully saturated rings. The van der Waals surface area contributed by atoms with Gasteiger partial charge in [0.2, 0.25) is 0 Å². The molecule has 0 saturated carbocycles. The highest BCUT2D eigenvalue weighted by molar-refractivity contribution is 14.0. The van der Waals surface area contributed by atoms with Gasteiger partial charge in [0.1, 0.15) is 6.10 Å². The van der Waals surface area contributed by atoms with E-state index >= 15 is 0 Å². The van der Waals surface area contributed by atoms with Crippen LogP contribution in [-0.4, -0.2) is 63.3 Å². The first-order valence-corrected chi connectivity index (χ1v) is 10.7. The second-order valence-corrected chi connectivity index (χ2v) is 7.86. The molecule has 1 aromatic carbocycles. The van der Waals surface area contributed by atoms with Gasteiger partial charge in [-0.05, 0) is 55.7 Å². The first kappa shape index (κ1) is 24.9. The van der Waals surface area contributed by atoms with Crippen molar-refractivity contribution in [2.45, 2.75) is 44.8 Å². The van der Waals surface area contributed by atoms with E-state index in [1.807, 2.05) is 31.3 Å². The lowest BCUT2D eigenvalue weighted by Crippen LogP contribution is -2.39. The summed E-state index contributed by atoms with van der Waals surface area (Å²) in [6.07, 6.45) is 4.90. The minimum Gasteiger partial charge on any atom is -0.381 e. The van der Waals surface area contributed by atoms with E-state index in [4.69, 9.17) is 9.47 Å². The Labute approximate surface area is 197 Å². The third-order valence-electron chi connectivity index (χ3n) is 5.65. The number of hydrogen-bond acceptors (Lipinski definition) is 4. The Bertz CT molecular complexity index is 689. The van der Waals surface area contributed by atoms with Crippen LogP contribution in [0.3, 0.4) is 0 Å². The van der Waals surface area contributed by atoms with Gasteiger partial charge in [0.15, 0.2) is 5.96 Å². The highest BCUT2D eigenvalue weighted by atomic mass is 127. The third kappa shape index (κ3) is 7.70. The summed E-state index contributed by atoms with van der Waals surface area (Å²) < 4.78 is 10.9. The Kier molecular flexibility index (Phi) is 10.9. The van der Waals surface area contributed by atoms with Crippen molar-refractivity contribution in [3.8, 4) is 0 Å². The fourth-order valence-corrected chi connectivity index (χ4v) is 3.85. The van der Waals surface area contributed by atoms with Crippen LogP contribution in [0.15, 0.2) is 29.3 Å². The lowest BCUT2D eigenvalue weighted by molar-refractivity contribution is -0.124. The van der Waals surface area contributed by atoms with Crippen LogP contribution in [0.25, 0.3) is 0 Å². The van der Waals surface area contributed by atoms with E-state index in [1.165, 1.54) is 0 Å². The van der Waals surface area contributed by atoms with Crippen molar-refractivity contribution in [2.75, 3.05) is 45.8 Å². The van der Waals surface area contributed by atoms with Gasteiger partial charge in [-0.2, -0.15) is 0 Å². The van der Waals surface area contributed by atoms with E-state index in [1.54, 1.807) is 0 Å². The maximum atomic E-state index is 12.2. The Morgan fingerprint density at radius 3 is 2.73 bits per heavy atom. The SMILES string of the molecule is CN=C(NCc1cccc(NC(=O)C2CCCO2)c1)N(C)CCC1CCOCC1.I. The monoisotopic (exact) mass is 530 g/mol. The minimum absolute atomic E-state index is 0. The summed E-state index contributed by atoms with van der Waals surface area (Å²) in [5.41, 5.74) is 1.89. The summed E-state index contributed by atoms with van der Waals surface area (Å²) in [6.45, 7) is 4.07. The van der Waals surface area contributed by atoms with Crippen molar-refractivity contribution in [3.63, 3.8) is 0 Å². The van der Waals surface area contributed by atoms with Gasteiger partial charge in [-0.1, -0.05) is 12.1 Å². The smallest absolute Gasteiger partial charge is 0.253 e. The Morgan fingerprint density at radius 1 is 1.23 bits per heavy atom.